The highest BCUT2D eigenvalue weighted by atomic mass is 32.2. The van der Waals surface area contributed by atoms with E-state index >= 15 is 0 Å². The van der Waals surface area contributed by atoms with Gasteiger partial charge in [0.1, 0.15) is 0 Å². The highest BCUT2D eigenvalue weighted by molar-refractivity contribution is 7.89. The summed E-state index contributed by atoms with van der Waals surface area (Å²) in [4.78, 5) is 23.0. The highest BCUT2D eigenvalue weighted by Gasteiger charge is 2.27. The Bertz CT molecular complexity index is 693. The molecule has 0 spiro atoms. The van der Waals surface area contributed by atoms with Gasteiger partial charge in [0, 0.05) is 18.7 Å². The third kappa shape index (κ3) is 5.19. The molecule has 0 unspecified atom stereocenters. The Hall–Kier alpha value is -2.19. The number of hydrogen-bond donors (Lipinski definition) is 3. The van der Waals surface area contributed by atoms with Gasteiger partial charge in [-0.2, -0.15) is 0 Å². The molecular weight excluding hydrogens is 320 g/mol. The molecule has 0 aliphatic carbocycles. The van der Waals surface area contributed by atoms with Crippen LogP contribution in [-0.2, 0) is 14.8 Å². The summed E-state index contributed by atoms with van der Waals surface area (Å²) >= 11 is 0. The van der Waals surface area contributed by atoms with Crippen molar-refractivity contribution in [1.82, 2.24) is 10.0 Å². The van der Waals surface area contributed by atoms with Crippen LogP contribution in [0.3, 0.4) is 0 Å². The maximum absolute atomic E-state index is 12.0. The van der Waals surface area contributed by atoms with Crippen LogP contribution in [0.1, 0.15) is 24.2 Å². The fourth-order valence-electron chi connectivity index (χ4n) is 1.52. The van der Waals surface area contributed by atoms with Crippen molar-refractivity contribution < 1.29 is 23.1 Å². The number of hydrogen-bond acceptors (Lipinski definition) is 4. The molecule has 0 aliphatic rings. The molecule has 0 heterocycles. The summed E-state index contributed by atoms with van der Waals surface area (Å²) in [5.41, 5.74) is -0.845. The summed E-state index contributed by atoms with van der Waals surface area (Å²) in [5, 5.41) is 11.5. The SMILES string of the molecule is C=CCNS(=O)(=O)c1ccc(C(=O)NCC(C)(C)C(=O)O)cc1. The van der Waals surface area contributed by atoms with Crippen molar-refractivity contribution >= 4 is 21.9 Å². The molecule has 126 valence electrons. The summed E-state index contributed by atoms with van der Waals surface area (Å²) in [6, 6.07) is 5.35. The molecule has 0 saturated heterocycles. The first-order valence-corrected chi connectivity index (χ1v) is 8.31. The van der Waals surface area contributed by atoms with E-state index in [1.54, 1.807) is 0 Å². The zero-order chi connectivity index (χ0) is 17.7. The van der Waals surface area contributed by atoms with E-state index in [2.05, 4.69) is 16.6 Å². The first-order chi connectivity index (χ1) is 10.6. The summed E-state index contributed by atoms with van der Waals surface area (Å²) in [5.74, 6) is -1.49. The summed E-state index contributed by atoms with van der Waals surface area (Å²) in [6.07, 6.45) is 1.42. The number of rotatable bonds is 8. The minimum Gasteiger partial charge on any atom is -0.481 e. The molecule has 1 aromatic carbocycles. The Morgan fingerprint density at radius 1 is 1.26 bits per heavy atom. The van der Waals surface area contributed by atoms with Crippen LogP contribution in [0.5, 0.6) is 0 Å². The van der Waals surface area contributed by atoms with Gasteiger partial charge in [-0.3, -0.25) is 9.59 Å². The zero-order valence-electron chi connectivity index (χ0n) is 13.0. The number of sulfonamides is 1. The van der Waals surface area contributed by atoms with Crippen molar-refractivity contribution in [2.75, 3.05) is 13.1 Å². The zero-order valence-corrected chi connectivity index (χ0v) is 13.8. The van der Waals surface area contributed by atoms with E-state index in [9.17, 15) is 18.0 Å². The number of carbonyl (C=O) groups is 2. The minimum absolute atomic E-state index is 0.0294. The summed E-state index contributed by atoms with van der Waals surface area (Å²) < 4.78 is 26.1. The molecule has 0 aliphatic heterocycles. The van der Waals surface area contributed by atoms with E-state index < -0.39 is 27.3 Å². The number of aliphatic carboxylic acids is 1. The molecule has 0 fully saturated rings. The smallest absolute Gasteiger partial charge is 0.310 e. The second-order valence-corrected chi connectivity index (χ2v) is 7.30. The molecule has 1 aromatic rings. The normalized spacial score (nSPS) is 11.7. The van der Waals surface area contributed by atoms with Gasteiger partial charge in [-0.1, -0.05) is 6.08 Å². The van der Waals surface area contributed by atoms with Crippen molar-refractivity contribution in [3.63, 3.8) is 0 Å². The Labute approximate surface area is 135 Å². The molecule has 8 heteroatoms. The molecule has 23 heavy (non-hydrogen) atoms. The van der Waals surface area contributed by atoms with E-state index in [0.29, 0.717) is 0 Å². The van der Waals surface area contributed by atoms with Crippen molar-refractivity contribution in [2.24, 2.45) is 5.41 Å². The van der Waals surface area contributed by atoms with Crippen molar-refractivity contribution in [1.29, 1.82) is 0 Å². The quantitative estimate of drug-likeness (QED) is 0.611. The lowest BCUT2D eigenvalue weighted by Crippen LogP contribution is -2.38. The van der Waals surface area contributed by atoms with Crippen LogP contribution in [0, 0.1) is 5.41 Å². The first kappa shape index (κ1) is 18.9. The molecule has 1 amide bonds. The fourth-order valence-corrected chi connectivity index (χ4v) is 2.51. The summed E-state index contributed by atoms with van der Waals surface area (Å²) in [6.45, 7) is 6.49. The Morgan fingerprint density at radius 2 is 1.83 bits per heavy atom. The standard InChI is InChI=1S/C15H20N2O5S/c1-4-9-17-23(21,22)12-7-5-11(6-8-12)13(18)16-10-15(2,3)14(19)20/h4-8,17H,1,9-10H2,2-3H3,(H,16,18)(H,19,20). The van der Waals surface area contributed by atoms with E-state index in [4.69, 9.17) is 5.11 Å². The largest absolute Gasteiger partial charge is 0.481 e. The van der Waals surface area contributed by atoms with Crippen LogP contribution in [-0.4, -0.2) is 38.5 Å². The number of benzene rings is 1. The number of carbonyl (C=O) groups excluding carboxylic acids is 1. The minimum atomic E-state index is -3.64. The maximum atomic E-state index is 12.0. The lowest BCUT2D eigenvalue weighted by molar-refractivity contribution is -0.146. The number of amides is 1. The predicted molar refractivity (Wildman–Crippen MR) is 85.6 cm³/mol. The second kappa shape index (κ2) is 7.38. The monoisotopic (exact) mass is 340 g/mol. The van der Waals surface area contributed by atoms with Crippen LogP contribution in [0.25, 0.3) is 0 Å². The highest BCUT2D eigenvalue weighted by Crippen LogP contribution is 2.14. The first-order valence-electron chi connectivity index (χ1n) is 6.82. The van der Waals surface area contributed by atoms with Gasteiger partial charge in [-0.25, -0.2) is 13.1 Å². The fraction of sp³-hybridized carbons (Fsp3) is 0.333. The molecular formula is C15H20N2O5S. The van der Waals surface area contributed by atoms with Crippen LogP contribution in [0.4, 0.5) is 0 Å². The molecule has 0 saturated carbocycles. The number of carboxylic acid groups (broad SMARTS) is 1. The van der Waals surface area contributed by atoms with Gasteiger partial charge in [0.2, 0.25) is 10.0 Å². The van der Waals surface area contributed by atoms with Gasteiger partial charge in [0.05, 0.1) is 10.3 Å². The van der Waals surface area contributed by atoms with E-state index in [1.165, 1.54) is 44.2 Å². The van der Waals surface area contributed by atoms with Crippen molar-refractivity contribution in [2.45, 2.75) is 18.7 Å². The number of carboxylic acids is 1. The van der Waals surface area contributed by atoms with Crippen LogP contribution >= 0.6 is 0 Å². The predicted octanol–water partition coefficient (Wildman–Crippen LogP) is 0.991. The van der Waals surface area contributed by atoms with E-state index in [1.807, 2.05) is 0 Å². The average molecular weight is 340 g/mol. The third-order valence-corrected chi connectivity index (χ3v) is 4.55. The van der Waals surface area contributed by atoms with E-state index in [0.717, 1.165) is 0 Å². The number of nitrogens with one attached hydrogen (secondary N) is 2. The lowest BCUT2D eigenvalue weighted by Gasteiger charge is -2.19. The Balaban J connectivity index is 2.79. The topological polar surface area (TPSA) is 113 Å². The Morgan fingerprint density at radius 3 is 2.30 bits per heavy atom. The van der Waals surface area contributed by atoms with Crippen molar-refractivity contribution in [3.05, 3.63) is 42.5 Å². The van der Waals surface area contributed by atoms with Crippen LogP contribution in [0.15, 0.2) is 41.8 Å². The lowest BCUT2D eigenvalue weighted by atomic mass is 9.94. The molecule has 0 atom stereocenters. The van der Waals surface area contributed by atoms with Crippen LogP contribution in [0.2, 0.25) is 0 Å². The van der Waals surface area contributed by atoms with Gasteiger partial charge in [0.25, 0.3) is 5.91 Å². The van der Waals surface area contributed by atoms with E-state index in [-0.39, 0.29) is 23.5 Å². The maximum Gasteiger partial charge on any atom is 0.310 e. The van der Waals surface area contributed by atoms with Crippen LogP contribution < -0.4 is 10.0 Å². The van der Waals surface area contributed by atoms with Gasteiger partial charge >= 0.3 is 5.97 Å². The second-order valence-electron chi connectivity index (χ2n) is 5.54. The average Bonchev–Trinajstić information content (AvgIpc) is 2.50. The van der Waals surface area contributed by atoms with Gasteiger partial charge in [-0.15, -0.1) is 6.58 Å². The third-order valence-electron chi connectivity index (χ3n) is 3.11. The van der Waals surface area contributed by atoms with Gasteiger partial charge in [-0.05, 0) is 38.1 Å². The van der Waals surface area contributed by atoms with Gasteiger partial charge < -0.3 is 10.4 Å². The molecule has 0 aromatic heterocycles. The molecule has 3 N–H and O–H groups in total. The molecule has 0 radical (unpaired) electrons. The van der Waals surface area contributed by atoms with Crippen molar-refractivity contribution in [3.8, 4) is 0 Å². The molecule has 1 rings (SSSR count). The Kier molecular flexibility index (Phi) is 6.05. The molecule has 7 nitrogen and oxygen atoms in total. The summed E-state index contributed by atoms with van der Waals surface area (Å²) in [7, 11) is -3.64. The molecule has 0 bridgehead atoms. The van der Waals surface area contributed by atoms with Gasteiger partial charge in [0.15, 0.2) is 0 Å².